The lowest BCUT2D eigenvalue weighted by molar-refractivity contribution is -0.903. The number of hydrogen-bond acceptors (Lipinski definition) is 4. The van der Waals surface area contributed by atoms with Crippen LogP contribution in [0.25, 0.3) is 10.2 Å². The van der Waals surface area contributed by atoms with Gasteiger partial charge in [-0.1, -0.05) is 6.92 Å². The summed E-state index contributed by atoms with van der Waals surface area (Å²) in [7, 11) is 1.97. The zero-order valence-corrected chi connectivity index (χ0v) is 16.5. The summed E-state index contributed by atoms with van der Waals surface area (Å²) in [6.07, 6.45) is 5.34. The van der Waals surface area contributed by atoms with E-state index in [1.807, 2.05) is 14.0 Å². The first-order chi connectivity index (χ1) is 12.4. The maximum absolute atomic E-state index is 12.7. The smallest absolute Gasteiger partial charge is 0.275 e. The van der Waals surface area contributed by atoms with Gasteiger partial charge in [0.05, 0.1) is 12.4 Å². The molecule has 140 valence electrons. The van der Waals surface area contributed by atoms with Gasteiger partial charge < -0.3 is 15.2 Å². The molecule has 1 fully saturated rings. The van der Waals surface area contributed by atoms with Crippen molar-refractivity contribution >= 4 is 27.5 Å². The van der Waals surface area contributed by atoms with E-state index in [2.05, 4.69) is 17.2 Å². The minimum atomic E-state index is -0.0462. The standard InChI is InChI=1S/C19H26N4O2S/c1-10-4-7-13-14(8-10)26-19-16(13)18(25)21-17(22-19)11(2)23(3)9-15(24)20-12-5-6-12/h10-12H,4-9H2,1-3H3,(H,20,24)(H,21,22,25)/p+1/t10-,11-/m1/s1. The second-order valence-corrected chi connectivity index (χ2v) is 9.15. The largest absolute Gasteiger partial charge is 0.348 e. The van der Waals surface area contributed by atoms with Gasteiger partial charge in [0.15, 0.2) is 12.4 Å². The zero-order chi connectivity index (χ0) is 18.4. The average Bonchev–Trinajstić information content (AvgIpc) is 3.31. The highest BCUT2D eigenvalue weighted by atomic mass is 32.1. The third-order valence-electron chi connectivity index (χ3n) is 5.71. The fourth-order valence-electron chi connectivity index (χ4n) is 3.72. The molecular formula is C19H27N4O2S+. The number of carbonyl (C=O) groups is 1. The summed E-state index contributed by atoms with van der Waals surface area (Å²) >= 11 is 1.67. The van der Waals surface area contributed by atoms with Gasteiger partial charge in [-0.05, 0) is 50.5 Å². The Labute approximate surface area is 157 Å². The SMILES string of the molecule is C[C@@H]1CCc2c(sc3nc([C@@H](C)[NH+](C)CC(=O)NC4CC4)[nH]c(=O)c23)C1. The van der Waals surface area contributed by atoms with Crippen LogP contribution in [0.2, 0.25) is 0 Å². The summed E-state index contributed by atoms with van der Waals surface area (Å²) in [5.74, 6) is 1.42. The number of aryl methyl sites for hydroxylation is 1. The van der Waals surface area contributed by atoms with Gasteiger partial charge in [0.2, 0.25) is 0 Å². The molecule has 6 nitrogen and oxygen atoms in total. The van der Waals surface area contributed by atoms with Crippen molar-refractivity contribution in [1.29, 1.82) is 0 Å². The maximum Gasteiger partial charge on any atom is 0.275 e. The van der Waals surface area contributed by atoms with E-state index in [0.717, 1.165) is 47.2 Å². The lowest BCUT2D eigenvalue weighted by Gasteiger charge is -2.20. The number of rotatable bonds is 5. The fraction of sp³-hybridized carbons (Fsp3) is 0.632. The second-order valence-electron chi connectivity index (χ2n) is 8.07. The average molecular weight is 376 g/mol. The van der Waals surface area contributed by atoms with Gasteiger partial charge in [-0.15, -0.1) is 11.3 Å². The molecule has 2 aliphatic rings. The summed E-state index contributed by atoms with van der Waals surface area (Å²) < 4.78 is 0. The van der Waals surface area contributed by atoms with Crippen LogP contribution in [0.4, 0.5) is 0 Å². The highest BCUT2D eigenvalue weighted by molar-refractivity contribution is 7.18. The topological polar surface area (TPSA) is 79.3 Å². The van der Waals surface area contributed by atoms with Gasteiger partial charge in [-0.25, -0.2) is 4.98 Å². The number of hydrogen-bond donors (Lipinski definition) is 3. The van der Waals surface area contributed by atoms with Crippen molar-refractivity contribution in [2.45, 2.75) is 58.0 Å². The molecule has 1 unspecified atom stereocenters. The molecule has 4 rings (SSSR count). The normalized spacial score (nSPS) is 22.0. The van der Waals surface area contributed by atoms with Gasteiger partial charge in [0.1, 0.15) is 10.9 Å². The maximum atomic E-state index is 12.7. The van der Waals surface area contributed by atoms with Crippen molar-refractivity contribution in [1.82, 2.24) is 15.3 Å². The Morgan fingerprint density at radius 1 is 1.42 bits per heavy atom. The molecule has 2 aliphatic carbocycles. The van der Waals surface area contributed by atoms with Crippen LogP contribution in [0, 0.1) is 5.92 Å². The van der Waals surface area contributed by atoms with Crippen molar-refractivity contribution < 1.29 is 9.69 Å². The van der Waals surface area contributed by atoms with Crippen molar-refractivity contribution in [2.75, 3.05) is 13.6 Å². The second kappa shape index (κ2) is 6.78. The lowest BCUT2D eigenvalue weighted by Crippen LogP contribution is -3.10. The number of nitrogens with zero attached hydrogens (tertiary/aromatic N) is 1. The van der Waals surface area contributed by atoms with E-state index in [1.165, 1.54) is 10.4 Å². The monoisotopic (exact) mass is 375 g/mol. The Kier molecular flexibility index (Phi) is 4.61. The molecule has 0 bridgehead atoms. The number of nitrogens with one attached hydrogen (secondary N) is 3. The van der Waals surface area contributed by atoms with Crippen LogP contribution >= 0.6 is 11.3 Å². The quantitative estimate of drug-likeness (QED) is 0.728. The lowest BCUT2D eigenvalue weighted by atomic mass is 9.89. The Balaban J connectivity index is 1.58. The highest BCUT2D eigenvalue weighted by Gasteiger charge is 2.28. The first-order valence-electron chi connectivity index (χ1n) is 9.58. The first-order valence-corrected chi connectivity index (χ1v) is 10.4. The number of thiophene rings is 1. The van der Waals surface area contributed by atoms with E-state index in [4.69, 9.17) is 4.98 Å². The molecule has 0 aliphatic heterocycles. The van der Waals surface area contributed by atoms with Crippen molar-refractivity contribution in [3.63, 3.8) is 0 Å². The predicted octanol–water partition coefficient (Wildman–Crippen LogP) is 0.964. The molecule has 0 radical (unpaired) electrons. The molecule has 2 heterocycles. The Bertz CT molecular complexity index is 899. The molecule has 1 amide bonds. The molecule has 26 heavy (non-hydrogen) atoms. The number of aromatic nitrogens is 2. The van der Waals surface area contributed by atoms with E-state index < -0.39 is 0 Å². The minimum Gasteiger partial charge on any atom is -0.348 e. The third kappa shape index (κ3) is 3.42. The van der Waals surface area contributed by atoms with Crippen LogP contribution < -0.4 is 15.8 Å². The van der Waals surface area contributed by atoms with E-state index in [0.29, 0.717) is 24.3 Å². The van der Waals surface area contributed by atoms with Crippen LogP contribution in [0.15, 0.2) is 4.79 Å². The summed E-state index contributed by atoms with van der Waals surface area (Å²) in [5.41, 5.74) is 1.18. The number of fused-ring (bicyclic) bond motifs is 3. The van der Waals surface area contributed by atoms with Gasteiger partial charge >= 0.3 is 0 Å². The first kappa shape index (κ1) is 17.7. The number of H-pyrrole nitrogens is 1. The Morgan fingerprint density at radius 3 is 2.92 bits per heavy atom. The van der Waals surface area contributed by atoms with E-state index in [9.17, 15) is 9.59 Å². The molecule has 0 saturated heterocycles. The molecule has 3 N–H and O–H groups in total. The van der Waals surface area contributed by atoms with Crippen LogP contribution in [0.5, 0.6) is 0 Å². The Morgan fingerprint density at radius 2 is 2.19 bits per heavy atom. The zero-order valence-electron chi connectivity index (χ0n) is 15.6. The van der Waals surface area contributed by atoms with Gasteiger partial charge in [-0.2, -0.15) is 0 Å². The third-order valence-corrected chi connectivity index (χ3v) is 6.86. The van der Waals surface area contributed by atoms with E-state index in [-0.39, 0.29) is 17.5 Å². The van der Waals surface area contributed by atoms with Crippen LogP contribution in [0.1, 0.15) is 55.4 Å². The van der Waals surface area contributed by atoms with Gasteiger partial charge in [-0.3, -0.25) is 9.59 Å². The highest BCUT2D eigenvalue weighted by Crippen LogP contribution is 2.35. The van der Waals surface area contributed by atoms with E-state index >= 15 is 0 Å². The molecular weight excluding hydrogens is 348 g/mol. The summed E-state index contributed by atoms with van der Waals surface area (Å²) in [5, 5.41) is 3.81. The van der Waals surface area contributed by atoms with Crippen LogP contribution in [-0.4, -0.2) is 35.5 Å². The number of quaternary nitrogens is 1. The fourth-order valence-corrected chi connectivity index (χ4v) is 5.11. The number of aromatic amines is 1. The van der Waals surface area contributed by atoms with Crippen LogP contribution in [0.3, 0.4) is 0 Å². The van der Waals surface area contributed by atoms with Crippen LogP contribution in [-0.2, 0) is 17.6 Å². The summed E-state index contributed by atoms with van der Waals surface area (Å²) in [4.78, 5) is 35.8. The molecule has 3 atom stereocenters. The molecule has 1 saturated carbocycles. The Hall–Kier alpha value is -1.73. The van der Waals surface area contributed by atoms with Gasteiger partial charge in [0.25, 0.3) is 11.5 Å². The predicted molar refractivity (Wildman–Crippen MR) is 103 cm³/mol. The van der Waals surface area contributed by atoms with E-state index in [1.54, 1.807) is 11.3 Å². The number of carbonyl (C=O) groups excluding carboxylic acids is 1. The summed E-state index contributed by atoms with van der Waals surface area (Å²) in [6.45, 7) is 4.67. The summed E-state index contributed by atoms with van der Waals surface area (Å²) in [6, 6.07) is 0.329. The van der Waals surface area contributed by atoms with Crippen molar-refractivity contribution in [3.05, 3.63) is 26.6 Å². The number of amides is 1. The number of likely N-dealkylation sites (N-methyl/N-ethyl adjacent to an activating group) is 1. The molecule has 0 spiro atoms. The van der Waals surface area contributed by atoms with Crippen molar-refractivity contribution in [2.24, 2.45) is 5.92 Å². The van der Waals surface area contributed by atoms with Crippen molar-refractivity contribution in [3.8, 4) is 0 Å². The molecule has 2 aromatic heterocycles. The molecule has 2 aromatic rings. The molecule has 7 heteroatoms. The minimum absolute atomic E-state index is 0.0286. The van der Waals surface area contributed by atoms with Gasteiger partial charge in [0, 0.05) is 10.9 Å². The molecule has 0 aromatic carbocycles.